The van der Waals surface area contributed by atoms with Crippen LogP contribution in [0.2, 0.25) is 0 Å². The molecule has 0 amide bonds. The third-order valence-corrected chi connectivity index (χ3v) is 2.88. The van der Waals surface area contributed by atoms with Crippen molar-refractivity contribution in [2.24, 2.45) is 0 Å². The van der Waals surface area contributed by atoms with Gasteiger partial charge in [0, 0.05) is 10.8 Å². The average Bonchev–Trinajstić information content (AvgIpc) is 2.69. The molecule has 3 aromatic rings. The Morgan fingerprint density at radius 3 is 2.69 bits per heavy atom. The molecule has 78 valence electrons. The number of hydrogen-bond acceptors (Lipinski definition) is 2. The van der Waals surface area contributed by atoms with Gasteiger partial charge in [-0.15, -0.1) is 0 Å². The number of furan rings is 1. The number of benzene rings is 1. The van der Waals surface area contributed by atoms with E-state index in [0.717, 1.165) is 21.7 Å². The molecule has 0 unspecified atom stereocenters. The van der Waals surface area contributed by atoms with Crippen molar-refractivity contribution in [1.82, 2.24) is 0 Å². The minimum absolute atomic E-state index is 0.0295. The van der Waals surface area contributed by atoms with Gasteiger partial charge in [-0.2, -0.15) is 0 Å². The van der Waals surface area contributed by atoms with E-state index < -0.39 is 0 Å². The van der Waals surface area contributed by atoms with Crippen LogP contribution in [0.15, 0.2) is 51.9 Å². The zero-order chi connectivity index (χ0) is 11.1. The van der Waals surface area contributed by atoms with Crippen molar-refractivity contribution in [3.8, 4) is 0 Å². The molecule has 0 radical (unpaired) electrons. The summed E-state index contributed by atoms with van der Waals surface area (Å²) in [4.78, 5) is 12.3. The second kappa shape index (κ2) is 3.20. The van der Waals surface area contributed by atoms with Gasteiger partial charge in [0.15, 0.2) is 5.58 Å². The van der Waals surface area contributed by atoms with Crippen LogP contribution < -0.4 is 5.43 Å². The van der Waals surface area contributed by atoms with Crippen molar-refractivity contribution in [3.05, 3.63) is 58.4 Å². The summed E-state index contributed by atoms with van der Waals surface area (Å²) in [5, 5.41) is 2.55. The molecular formula is C14H10O2. The van der Waals surface area contributed by atoms with Crippen LogP contribution in [0.4, 0.5) is 0 Å². The molecule has 2 aromatic carbocycles. The predicted molar refractivity (Wildman–Crippen MR) is 64.7 cm³/mol. The molecule has 0 N–H and O–H groups in total. The Kier molecular flexibility index (Phi) is 1.83. The fourth-order valence-corrected chi connectivity index (χ4v) is 2.07. The second-order valence-corrected chi connectivity index (χ2v) is 3.91. The quantitative estimate of drug-likeness (QED) is 0.570. The number of hydrogen-bond donors (Lipinski definition) is 0. The highest BCUT2D eigenvalue weighted by Crippen LogP contribution is 2.18. The number of fused-ring (bicyclic) bond motifs is 2. The molecule has 0 saturated carbocycles. The third-order valence-electron chi connectivity index (χ3n) is 2.88. The van der Waals surface area contributed by atoms with Crippen LogP contribution in [-0.4, -0.2) is 0 Å². The fraction of sp³-hybridized carbons (Fsp3) is 0.0714. The summed E-state index contributed by atoms with van der Waals surface area (Å²) in [7, 11) is 0. The average molecular weight is 210 g/mol. The summed E-state index contributed by atoms with van der Waals surface area (Å²) in [5.41, 5.74) is 1.39. The minimum atomic E-state index is -0.0295. The Morgan fingerprint density at radius 1 is 1.00 bits per heavy atom. The fourth-order valence-electron chi connectivity index (χ4n) is 2.07. The van der Waals surface area contributed by atoms with Crippen LogP contribution in [0.3, 0.4) is 0 Å². The summed E-state index contributed by atoms with van der Waals surface area (Å²) < 4.78 is 5.26. The van der Waals surface area contributed by atoms with Crippen molar-refractivity contribution < 1.29 is 4.42 Å². The Hall–Kier alpha value is -2.09. The third kappa shape index (κ3) is 1.16. The molecule has 2 nitrogen and oxygen atoms in total. The summed E-state index contributed by atoms with van der Waals surface area (Å²) >= 11 is 0. The van der Waals surface area contributed by atoms with E-state index in [4.69, 9.17) is 4.42 Å². The highest BCUT2D eigenvalue weighted by Gasteiger charge is 2.06. The van der Waals surface area contributed by atoms with Crippen molar-refractivity contribution in [2.45, 2.75) is 6.92 Å². The molecule has 0 aliphatic carbocycles. The van der Waals surface area contributed by atoms with E-state index in [1.165, 1.54) is 0 Å². The largest absolute Gasteiger partial charge is 0.460 e. The zero-order valence-corrected chi connectivity index (χ0v) is 8.86. The zero-order valence-electron chi connectivity index (χ0n) is 8.86. The topological polar surface area (TPSA) is 30.2 Å². The highest BCUT2D eigenvalue weighted by atomic mass is 16.3. The molecule has 0 atom stereocenters. The standard InChI is InChI=1S/C14H10O2/c1-9-3-2-4-10-5-6-11-7-8-16-14(11)13(15)12(9)10/h2-8H,1H3. The van der Waals surface area contributed by atoms with Crippen molar-refractivity contribution in [2.75, 3.05) is 0 Å². The predicted octanol–water partition coefficient (Wildman–Crippen LogP) is 3.25. The molecule has 3 rings (SSSR count). The maximum Gasteiger partial charge on any atom is 0.229 e. The van der Waals surface area contributed by atoms with Gasteiger partial charge < -0.3 is 4.42 Å². The molecule has 0 spiro atoms. The van der Waals surface area contributed by atoms with Gasteiger partial charge in [0.2, 0.25) is 5.43 Å². The lowest BCUT2D eigenvalue weighted by Gasteiger charge is -1.95. The van der Waals surface area contributed by atoms with Crippen LogP contribution in [0.1, 0.15) is 5.56 Å². The van der Waals surface area contributed by atoms with Crippen molar-refractivity contribution in [1.29, 1.82) is 0 Å². The van der Waals surface area contributed by atoms with E-state index in [1.54, 1.807) is 6.26 Å². The van der Waals surface area contributed by atoms with E-state index in [2.05, 4.69) is 0 Å². The van der Waals surface area contributed by atoms with Gasteiger partial charge in [0.25, 0.3) is 0 Å². The molecule has 0 bridgehead atoms. The minimum Gasteiger partial charge on any atom is -0.460 e. The Labute approximate surface area is 92.1 Å². The maximum absolute atomic E-state index is 12.3. The van der Waals surface area contributed by atoms with Crippen molar-refractivity contribution >= 4 is 21.7 Å². The lowest BCUT2D eigenvalue weighted by molar-refractivity contribution is 0.614. The van der Waals surface area contributed by atoms with E-state index >= 15 is 0 Å². The Bertz CT molecular complexity index is 738. The summed E-state index contributed by atoms with van der Waals surface area (Å²) in [6, 6.07) is 11.5. The lowest BCUT2D eigenvalue weighted by atomic mass is 10.1. The van der Waals surface area contributed by atoms with E-state index in [9.17, 15) is 4.79 Å². The number of rotatable bonds is 0. The Morgan fingerprint density at radius 2 is 1.81 bits per heavy atom. The molecule has 1 heterocycles. The highest BCUT2D eigenvalue weighted by molar-refractivity contribution is 5.92. The molecule has 0 saturated heterocycles. The van der Waals surface area contributed by atoms with Crippen LogP contribution in [0.5, 0.6) is 0 Å². The smallest absolute Gasteiger partial charge is 0.229 e. The van der Waals surface area contributed by atoms with Crippen LogP contribution in [0.25, 0.3) is 21.7 Å². The van der Waals surface area contributed by atoms with Gasteiger partial charge in [-0.1, -0.05) is 30.3 Å². The molecule has 2 heteroatoms. The normalized spacial score (nSPS) is 11.1. The van der Waals surface area contributed by atoms with Gasteiger partial charge in [0.1, 0.15) is 0 Å². The SMILES string of the molecule is Cc1cccc2ccc3ccoc3c(=O)c12. The van der Waals surface area contributed by atoms with Gasteiger partial charge >= 0.3 is 0 Å². The maximum atomic E-state index is 12.3. The molecule has 16 heavy (non-hydrogen) atoms. The summed E-state index contributed by atoms with van der Waals surface area (Å²) in [6.07, 6.45) is 1.55. The first-order valence-corrected chi connectivity index (χ1v) is 5.17. The van der Waals surface area contributed by atoms with E-state index in [0.29, 0.717) is 5.58 Å². The molecule has 0 aliphatic rings. The van der Waals surface area contributed by atoms with Crippen LogP contribution in [-0.2, 0) is 0 Å². The van der Waals surface area contributed by atoms with Gasteiger partial charge in [0.05, 0.1) is 6.26 Å². The van der Waals surface area contributed by atoms with E-state index in [1.807, 2.05) is 43.3 Å². The summed E-state index contributed by atoms with van der Waals surface area (Å²) in [6.45, 7) is 1.94. The lowest BCUT2D eigenvalue weighted by Crippen LogP contribution is -1.98. The summed E-state index contributed by atoms with van der Waals surface area (Å²) in [5.74, 6) is 0. The molecule has 1 aromatic heterocycles. The van der Waals surface area contributed by atoms with E-state index in [-0.39, 0.29) is 5.43 Å². The van der Waals surface area contributed by atoms with Gasteiger partial charge in [-0.3, -0.25) is 4.79 Å². The first-order valence-electron chi connectivity index (χ1n) is 5.17. The van der Waals surface area contributed by atoms with Crippen LogP contribution in [0, 0.1) is 6.92 Å². The van der Waals surface area contributed by atoms with Gasteiger partial charge in [-0.05, 0) is 23.9 Å². The first-order chi connectivity index (χ1) is 7.77. The monoisotopic (exact) mass is 210 g/mol. The molecule has 0 fully saturated rings. The molecule has 0 aliphatic heterocycles. The van der Waals surface area contributed by atoms with Gasteiger partial charge in [-0.25, -0.2) is 0 Å². The van der Waals surface area contributed by atoms with Crippen LogP contribution >= 0.6 is 0 Å². The second-order valence-electron chi connectivity index (χ2n) is 3.91. The number of aryl methyl sites for hydroxylation is 1. The van der Waals surface area contributed by atoms with Crippen molar-refractivity contribution in [3.63, 3.8) is 0 Å². The first kappa shape index (κ1) is 9.16. The molecular weight excluding hydrogens is 200 g/mol. The Balaban J connectivity index is 2.72.